The van der Waals surface area contributed by atoms with Crippen molar-refractivity contribution < 1.29 is 9.59 Å². The van der Waals surface area contributed by atoms with Gasteiger partial charge in [-0.2, -0.15) is 11.8 Å². The molecule has 0 bridgehead atoms. The largest absolute Gasteiger partial charge is 0.337 e. The Morgan fingerprint density at radius 2 is 1.45 bits per heavy atom. The van der Waals surface area contributed by atoms with Gasteiger partial charge in [0.15, 0.2) is 0 Å². The molecule has 2 aromatic carbocycles. The molecule has 0 unspecified atom stereocenters. The first-order valence-electron chi connectivity index (χ1n) is 10.5. The smallest absolute Gasteiger partial charge is 0.255 e. The zero-order valence-corrected chi connectivity index (χ0v) is 19.0. The summed E-state index contributed by atoms with van der Waals surface area (Å²) in [5, 5.41) is 2.98. The Labute approximate surface area is 187 Å². The van der Waals surface area contributed by atoms with E-state index >= 15 is 0 Å². The minimum absolute atomic E-state index is 0.0625. The Morgan fingerprint density at radius 3 is 2.06 bits per heavy atom. The first-order valence-corrected chi connectivity index (χ1v) is 11.6. The Kier molecular flexibility index (Phi) is 6.18. The molecule has 1 aromatic heterocycles. The summed E-state index contributed by atoms with van der Waals surface area (Å²) in [7, 11) is 0. The summed E-state index contributed by atoms with van der Waals surface area (Å²) in [6.45, 7) is 7.63. The van der Waals surface area contributed by atoms with Gasteiger partial charge < -0.3 is 14.8 Å². The Bertz CT molecular complexity index is 1090. The van der Waals surface area contributed by atoms with E-state index in [0.717, 1.165) is 52.9 Å². The van der Waals surface area contributed by atoms with E-state index in [1.807, 2.05) is 60.0 Å². The molecule has 31 heavy (non-hydrogen) atoms. The van der Waals surface area contributed by atoms with Gasteiger partial charge in [0.05, 0.1) is 0 Å². The number of benzene rings is 2. The van der Waals surface area contributed by atoms with Crippen molar-refractivity contribution in [3.8, 4) is 5.69 Å². The maximum atomic E-state index is 12.8. The first kappa shape index (κ1) is 21.2. The molecule has 0 aliphatic carbocycles. The number of nitrogens with zero attached hydrogens (tertiary/aromatic N) is 2. The Hall–Kier alpha value is -2.99. The zero-order valence-electron chi connectivity index (χ0n) is 18.1. The number of aryl methyl sites for hydroxylation is 3. The molecule has 2 heterocycles. The Morgan fingerprint density at radius 1 is 0.839 bits per heavy atom. The minimum atomic E-state index is -0.164. The average Bonchev–Trinajstić information content (AvgIpc) is 3.13. The fraction of sp³-hybridized carbons (Fsp3) is 0.280. The number of anilines is 1. The SMILES string of the molecule is Cc1cc(C(=O)N2CCSCC2)ccc1NC(=O)c1ccc(-n2c(C)ccc2C)cc1. The number of amides is 2. The van der Waals surface area contributed by atoms with Gasteiger partial charge in [-0.1, -0.05) is 0 Å². The molecule has 1 aliphatic heterocycles. The number of aromatic nitrogens is 1. The van der Waals surface area contributed by atoms with Gasteiger partial charge in [-0.3, -0.25) is 9.59 Å². The van der Waals surface area contributed by atoms with E-state index < -0.39 is 0 Å². The predicted octanol–water partition coefficient (Wildman–Crippen LogP) is 4.84. The highest BCUT2D eigenvalue weighted by Gasteiger charge is 2.19. The summed E-state index contributed by atoms with van der Waals surface area (Å²) in [5.74, 6) is 1.87. The Balaban J connectivity index is 1.46. The standard InChI is InChI=1S/C25H27N3O2S/c1-17-16-21(25(30)27-12-14-31-15-13-27)8-11-23(17)26-24(29)20-6-9-22(10-7-20)28-18(2)4-5-19(28)3/h4-11,16H,12-15H2,1-3H3,(H,26,29). The summed E-state index contributed by atoms with van der Waals surface area (Å²) < 4.78 is 2.16. The van der Waals surface area contributed by atoms with Crippen LogP contribution in [0, 0.1) is 20.8 Å². The average molecular weight is 434 g/mol. The van der Waals surface area contributed by atoms with Crippen molar-refractivity contribution in [1.29, 1.82) is 0 Å². The fourth-order valence-corrected chi connectivity index (χ4v) is 4.82. The zero-order chi connectivity index (χ0) is 22.0. The number of hydrogen-bond donors (Lipinski definition) is 1. The third-order valence-electron chi connectivity index (χ3n) is 5.68. The third kappa shape index (κ3) is 4.54. The van der Waals surface area contributed by atoms with Crippen molar-refractivity contribution >= 4 is 29.3 Å². The molecular weight excluding hydrogens is 406 g/mol. The van der Waals surface area contributed by atoms with Crippen molar-refractivity contribution in [3.05, 3.63) is 82.7 Å². The molecule has 5 nitrogen and oxygen atoms in total. The van der Waals surface area contributed by atoms with E-state index in [9.17, 15) is 9.59 Å². The quantitative estimate of drug-likeness (QED) is 0.640. The number of carbonyl (C=O) groups is 2. The fourth-order valence-electron chi connectivity index (χ4n) is 3.92. The van der Waals surface area contributed by atoms with Crippen LogP contribution in [0.4, 0.5) is 5.69 Å². The molecule has 0 spiro atoms. The summed E-state index contributed by atoms with van der Waals surface area (Å²) in [6, 6.07) is 17.2. The van der Waals surface area contributed by atoms with Crippen LogP contribution in [-0.2, 0) is 0 Å². The van der Waals surface area contributed by atoms with Crippen LogP contribution < -0.4 is 5.32 Å². The molecule has 3 aromatic rings. The molecule has 0 saturated carbocycles. The van der Waals surface area contributed by atoms with Crippen molar-refractivity contribution in [2.75, 3.05) is 29.9 Å². The van der Waals surface area contributed by atoms with Crippen molar-refractivity contribution in [2.45, 2.75) is 20.8 Å². The molecule has 160 valence electrons. The van der Waals surface area contributed by atoms with Crippen molar-refractivity contribution in [1.82, 2.24) is 9.47 Å². The molecule has 0 radical (unpaired) electrons. The van der Waals surface area contributed by atoms with Crippen LogP contribution in [0.5, 0.6) is 0 Å². The van der Waals surface area contributed by atoms with Crippen LogP contribution in [0.2, 0.25) is 0 Å². The maximum absolute atomic E-state index is 12.8. The lowest BCUT2D eigenvalue weighted by Crippen LogP contribution is -2.37. The molecule has 0 atom stereocenters. The van der Waals surface area contributed by atoms with Gasteiger partial charge in [0.2, 0.25) is 0 Å². The van der Waals surface area contributed by atoms with Crippen molar-refractivity contribution in [2.24, 2.45) is 0 Å². The second-order valence-corrected chi connectivity index (χ2v) is 9.11. The molecule has 6 heteroatoms. The lowest BCUT2D eigenvalue weighted by atomic mass is 10.1. The van der Waals surface area contributed by atoms with Gasteiger partial charge in [0.1, 0.15) is 0 Å². The number of carbonyl (C=O) groups excluding carboxylic acids is 2. The first-order chi connectivity index (χ1) is 14.9. The predicted molar refractivity (Wildman–Crippen MR) is 128 cm³/mol. The number of thioether (sulfide) groups is 1. The third-order valence-corrected chi connectivity index (χ3v) is 6.62. The maximum Gasteiger partial charge on any atom is 0.255 e. The minimum Gasteiger partial charge on any atom is -0.337 e. The van der Waals surface area contributed by atoms with E-state index in [1.54, 1.807) is 6.07 Å². The highest BCUT2D eigenvalue weighted by Crippen LogP contribution is 2.21. The van der Waals surface area contributed by atoms with Crippen LogP contribution in [-0.4, -0.2) is 45.9 Å². The van der Waals surface area contributed by atoms with Gasteiger partial charge in [0, 0.05) is 58.5 Å². The summed E-state index contributed by atoms with van der Waals surface area (Å²) in [5.41, 5.74) is 6.21. The normalized spacial score (nSPS) is 13.8. The van der Waals surface area contributed by atoms with E-state index in [4.69, 9.17) is 0 Å². The van der Waals surface area contributed by atoms with Crippen LogP contribution in [0.1, 0.15) is 37.7 Å². The number of nitrogens with one attached hydrogen (secondary N) is 1. The van der Waals surface area contributed by atoms with E-state index in [-0.39, 0.29) is 11.8 Å². The molecule has 1 N–H and O–H groups in total. The van der Waals surface area contributed by atoms with E-state index in [0.29, 0.717) is 11.1 Å². The molecule has 1 saturated heterocycles. The van der Waals surface area contributed by atoms with Crippen LogP contribution in [0.15, 0.2) is 54.6 Å². The van der Waals surface area contributed by atoms with Gasteiger partial charge >= 0.3 is 0 Å². The van der Waals surface area contributed by atoms with Gasteiger partial charge in [-0.15, -0.1) is 0 Å². The van der Waals surface area contributed by atoms with Crippen molar-refractivity contribution in [3.63, 3.8) is 0 Å². The second-order valence-electron chi connectivity index (χ2n) is 7.89. The van der Waals surface area contributed by atoms with Gasteiger partial charge in [-0.05, 0) is 80.9 Å². The van der Waals surface area contributed by atoms with E-state index in [1.165, 1.54) is 0 Å². The summed E-state index contributed by atoms with van der Waals surface area (Å²) >= 11 is 1.88. The summed E-state index contributed by atoms with van der Waals surface area (Å²) in [4.78, 5) is 27.4. The molecule has 1 aliphatic rings. The highest BCUT2D eigenvalue weighted by molar-refractivity contribution is 7.99. The molecule has 2 amide bonds. The van der Waals surface area contributed by atoms with Crippen LogP contribution in [0.3, 0.4) is 0 Å². The molecular formula is C25H27N3O2S. The second kappa shape index (κ2) is 9.02. The topological polar surface area (TPSA) is 54.3 Å². The summed E-state index contributed by atoms with van der Waals surface area (Å²) in [6.07, 6.45) is 0. The number of hydrogen-bond acceptors (Lipinski definition) is 3. The van der Waals surface area contributed by atoms with Gasteiger partial charge in [-0.25, -0.2) is 0 Å². The van der Waals surface area contributed by atoms with E-state index in [2.05, 4.69) is 35.9 Å². The van der Waals surface area contributed by atoms with Crippen LogP contribution in [0.25, 0.3) is 5.69 Å². The molecule has 1 fully saturated rings. The lowest BCUT2D eigenvalue weighted by Gasteiger charge is -2.26. The lowest BCUT2D eigenvalue weighted by molar-refractivity contribution is 0.0772. The highest BCUT2D eigenvalue weighted by atomic mass is 32.2. The monoisotopic (exact) mass is 433 g/mol. The van der Waals surface area contributed by atoms with Crippen LogP contribution >= 0.6 is 11.8 Å². The van der Waals surface area contributed by atoms with Gasteiger partial charge in [0.25, 0.3) is 11.8 Å². The molecule has 4 rings (SSSR count). The number of rotatable bonds is 4.